The van der Waals surface area contributed by atoms with Gasteiger partial charge in [-0.05, 0) is 12.0 Å². The lowest BCUT2D eigenvalue weighted by Crippen LogP contribution is -2.29. The Bertz CT molecular complexity index is 687. The number of rotatable bonds is 9. The highest BCUT2D eigenvalue weighted by atomic mass is 32.1. The summed E-state index contributed by atoms with van der Waals surface area (Å²) in [6.45, 7) is 3.60. The van der Waals surface area contributed by atoms with Crippen molar-refractivity contribution in [1.82, 2.24) is 15.5 Å². The molecule has 7 heteroatoms. The van der Waals surface area contributed by atoms with Gasteiger partial charge >= 0.3 is 0 Å². The molecule has 2 amide bonds. The zero-order valence-corrected chi connectivity index (χ0v) is 15.4. The van der Waals surface area contributed by atoms with Crippen LogP contribution in [0.1, 0.15) is 56.1 Å². The molecule has 1 aromatic carbocycles. The molecule has 0 radical (unpaired) electrons. The smallest absolute Gasteiger partial charge is 0.228 e. The molecular weight excluding hydrogens is 336 g/mol. The number of nitrogens with zero attached hydrogens (tertiary/aromatic N) is 2. The van der Waals surface area contributed by atoms with Crippen LogP contribution in [0.25, 0.3) is 0 Å². The van der Waals surface area contributed by atoms with Crippen LogP contribution in [0.2, 0.25) is 0 Å². The molecule has 2 aromatic rings. The fourth-order valence-corrected chi connectivity index (χ4v) is 3.27. The molecule has 0 aliphatic rings. The monoisotopic (exact) mass is 360 g/mol. The molecule has 0 aliphatic heterocycles. The third-order valence-electron chi connectivity index (χ3n) is 3.68. The number of aryl methyl sites for hydroxylation is 1. The van der Waals surface area contributed by atoms with Crippen LogP contribution in [0.4, 0.5) is 5.13 Å². The fraction of sp³-hybridized carbons (Fsp3) is 0.444. The van der Waals surface area contributed by atoms with Gasteiger partial charge in [-0.2, -0.15) is 0 Å². The van der Waals surface area contributed by atoms with Crippen molar-refractivity contribution < 1.29 is 9.59 Å². The Morgan fingerprint density at radius 2 is 1.92 bits per heavy atom. The van der Waals surface area contributed by atoms with Gasteiger partial charge in [0.25, 0.3) is 0 Å². The Morgan fingerprint density at radius 1 is 1.16 bits per heavy atom. The number of carbonyl (C=O) groups is 2. The predicted octanol–water partition coefficient (Wildman–Crippen LogP) is 3.48. The van der Waals surface area contributed by atoms with E-state index in [1.54, 1.807) is 0 Å². The van der Waals surface area contributed by atoms with E-state index >= 15 is 0 Å². The van der Waals surface area contributed by atoms with E-state index in [2.05, 4.69) is 27.8 Å². The second-order valence-corrected chi connectivity index (χ2v) is 6.94. The maximum atomic E-state index is 12.3. The van der Waals surface area contributed by atoms with Gasteiger partial charge in [-0.25, -0.2) is 0 Å². The van der Waals surface area contributed by atoms with Crippen molar-refractivity contribution in [3.05, 3.63) is 40.9 Å². The van der Waals surface area contributed by atoms with Gasteiger partial charge in [0.15, 0.2) is 0 Å². The van der Waals surface area contributed by atoms with Crippen molar-refractivity contribution in [2.75, 3.05) is 5.32 Å². The van der Waals surface area contributed by atoms with E-state index in [1.807, 2.05) is 30.3 Å². The molecule has 2 N–H and O–H groups in total. The highest BCUT2D eigenvalue weighted by molar-refractivity contribution is 7.15. The Hall–Kier alpha value is -2.28. The maximum Gasteiger partial charge on any atom is 0.228 e. The molecule has 1 aromatic heterocycles. The summed E-state index contributed by atoms with van der Waals surface area (Å²) in [5.74, 6) is -0.366. The van der Waals surface area contributed by atoms with Crippen LogP contribution in [0.15, 0.2) is 30.3 Å². The summed E-state index contributed by atoms with van der Waals surface area (Å²) in [5.41, 5.74) is 0.894. The number of benzene rings is 1. The van der Waals surface area contributed by atoms with Gasteiger partial charge in [0.1, 0.15) is 5.01 Å². The first-order valence-electron chi connectivity index (χ1n) is 8.52. The largest absolute Gasteiger partial charge is 0.349 e. The van der Waals surface area contributed by atoms with E-state index in [9.17, 15) is 9.59 Å². The summed E-state index contributed by atoms with van der Waals surface area (Å²) in [5, 5.41) is 15.2. The summed E-state index contributed by atoms with van der Waals surface area (Å²) < 4.78 is 0. The topological polar surface area (TPSA) is 84.0 Å². The number of nitrogens with one attached hydrogen (secondary N) is 2. The summed E-state index contributed by atoms with van der Waals surface area (Å²) in [7, 11) is 0. The summed E-state index contributed by atoms with van der Waals surface area (Å²) >= 11 is 1.41. The Labute approximate surface area is 152 Å². The normalized spacial score (nSPS) is 11.8. The van der Waals surface area contributed by atoms with Gasteiger partial charge in [-0.1, -0.05) is 61.4 Å². The minimum absolute atomic E-state index is 0.147. The average molecular weight is 360 g/mol. The Morgan fingerprint density at radius 3 is 2.60 bits per heavy atom. The molecule has 0 fully saturated rings. The zero-order chi connectivity index (χ0) is 18.1. The molecule has 0 saturated carbocycles. The quantitative estimate of drug-likeness (QED) is 0.671. The van der Waals surface area contributed by atoms with Crippen LogP contribution in [0.5, 0.6) is 0 Å². The lowest BCUT2D eigenvalue weighted by Gasteiger charge is -2.17. The molecule has 0 saturated heterocycles. The van der Waals surface area contributed by atoms with E-state index in [4.69, 9.17) is 0 Å². The summed E-state index contributed by atoms with van der Waals surface area (Å²) in [6, 6.07) is 9.09. The zero-order valence-electron chi connectivity index (χ0n) is 14.6. The standard InChI is InChI=1S/C18H24N4O2S/c1-3-4-6-11-17-21-22-18(25-17)20-16(24)12-15(19-13(2)23)14-9-7-5-8-10-14/h5,7-10,15H,3-4,6,11-12H2,1-2H3,(H,19,23)(H,20,22,24). The van der Waals surface area contributed by atoms with Crippen LogP contribution < -0.4 is 10.6 Å². The molecule has 1 unspecified atom stereocenters. The number of aromatic nitrogens is 2. The lowest BCUT2D eigenvalue weighted by molar-refractivity contribution is -0.120. The van der Waals surface area contributed by atoms with Crippen LogP contribution in [-0.2, 0) is 16.0 Å². The van der Waals surface area contributed by atoms with Gasteiger partial charge < -0.3 is 10.6 Å². The first kappa shape index (κ1) is 19.1. The second kappa shape index (κ2) is 9.88. The molecule has 0 bridgehead atoms. The number of unbranched alkanes of at least 4 members (excludes halogenated alkanes) is 2. The van der Waals surface area contributed by atoms with E-state index < -0.39 is 0 Å². The number of carbonyl (C=O) groups excluding carboxylic acids is 2. The van der Waals surface area contributed by atoms with Gasteiger partial charge in [0.2, 0.25) is 16.9 Å². The number of anilines is 1. The van der Waals surface area contributed by atoms with Crippen LogP contribution in [0, 0.1) is 0 Å². The predicted molar refractivity (Wildman–Crippen MR) is 99.4 cm³/mol. The first-order valence-corrected chi connectivity index (χ1v) is 9.34. The van der Waals surface area contributed by atoms with Crippen molar-refractivity contribution >= 4 is 28.3 Å². The minimum atomic E-state index is -0.365. The number of amides is 2. The molecule has 2 rings (SSSR count). The van der Waals surface area contributed by atoms with Crippen molar-refractivity contribution in [3.63, 3.8) is 0 Å². The van der Waals surface area contributed by atoms with Gasteiger partial charge in [-0.15, -0.1) is 10.2 Å². The van der Waals surface area contributed by atoms with Crippen molar-refractivity contribution in [2.45, 2.75) is 52.0 Å². The van der Waals surface area contributed by atoms with E-state index in [0.29, 0.717) is 5.13 Å². The van der Waals surface area contributed by atoms with Crippen LogP contribution >= 0.6 is 11.3 Å². The highest BCUT2D eigenvalue weighted by Crippen LogP contribution is 2.20. The highest BCUT2D eigenvalue weighted by Gasteiger charge is 2.18. The lowest BCUT2D eigenvalue weighted by atomic mass is 10.0. The molecule has 1 atom stereocenters. The van der Waals surface area contributed by atoms with Crippen LogP contribution in [-0.4, -0.2) is 22.0 Å². The SMILES string of the molecule is CCCCCc1nnc(NC(=O)CC(NC(C)=O)c2ccccc2)s1. The molecule has 0 aliphatic carbocycles. The van der Waals surface area contributed by atoms with Gasteiger partial charge in [0, 0.05) is 13.3 Å². The molecule has 25 heavy (non-hydrogen) atoms. The van der Waals surface area contributed by atoms with Crippen LogP contribution in [0.3, 0.4) is 0 Å². The van der Waals surface area contributed by atoms with E-state index in [0.717, 1.165) is 36.3 Å². The molecule has 6 nitrogen and oxygen atoms in total. The molecule has 134 valence electrons. The molecule has 0 spiro atoms. The summed E-state index contributed by atoms with van der Waals surface area (Å²) in [4.78, 5) is 23.8. The van der Waals surface area contributed by atoms with Crippen molar-refractivity contribution in [2.24, 2.45) is 0 Å². The molecular formula is C18H24N4O2S. The van der Waals surface area contributed by atoms with E-state index in [1.165, 1.54) is 18.3 Å². The Balaban J connectivity index is 1.93. The van der Waals surface area contributed by atoms with Crippen molar-refractivity contribution in [1.29, 1.82) is 0 Å². The number of hydrogen-bond donors (Lipinski definition) is 2. The average Bonchev–Trinajstić information content (AvgIpc) is 3.02. The molecule has 1 heterocycles. The van der Waals surface area contributed by atoms with Crippen molar-refractivity contribution in [3.8, 4) is 0 Å². The fourth-order valence-electron chi connectivity index (χ4n) is 2.47. The van der Waals surface area contributed by atoms with Gasteiger partial charge in [0.05, 0.1) is 12.5 Å². The summed E-state index contributed by atoms with van der Waals surface area (Å²) in [6.07, 6.45) is 4.44. The second-order valence-electron chi connectivity index (χ2n) is 5.87. The third kappa shape index (κ3) is 6.62. The minimum Gasteiger partial charge on any atom is -0.349 e. The first-order chi connectivity index (χ1) is 12.1. The number of hydrogen-bond acceptors (Lipinski definition) is 5. The third-order valence-corrected chi connectivity index (χ3v) is 4.57. The van der Waals surface area contributed by atoms with Gasteiger partial charge in [-0.3, -0.25) is 9.59 Å². The Kier molecular flexibility index (Phi) is 7.53. The van der Waals surface area contributed by atoms with E-state index in [-0.39, 0.29) is 24.3 Å². The maximum absolute atomic E-state index is 12.3.